The van der Waals surface area contributed by atoms with E-state index in [0.29, 0.717) is 11.8 Å². The summed E-state index contributed by atoms with van der Waals surface area (Å²) in [5.41, 5.74) is 15.2. The van der Waals surface area contributed by atoms with Crippen LogP contribution < -0.4 is 10.6 Å². The molecule has 0 aliphatic heterocycles. The maximum atomic E-state index is 6.56. The van der Waals surface area contributed by atoms with Crippen molar-refractivity contribution >= 4 is 67.3 Å². The molecule has 2 aromatic heterocycles. The zero-order valence-electron chi connectivity index (χ0n) is 32.8. The predicted molar refractivity (Wildman–Crippen MR) is 247 cm³/mol. The summed E-state index contributed by atoms with van der Waals surface area (Å²) in [6, 6.07) is 48.8. The Bertz CT molecular complexity index is 3450. The SMILES string of the molecule is C=C(/C=C\c1oc2cc3c4c(oc3cc2c1C)=CCC(c1ccc(-c2ccc3c(c2)-c2ccccc2C2C=CC=CC32)cc1)C=4)c1cc2ccccc2c2ccccc12. The maximum Gasteiger partial charge on any atom is 0.136 e. The summed E-state index contributed by atoms with van der Waals surface area (Å²) in [4.78, 5) is 0. The average Bonchev–Trinajstić information content (AvgIpc) is 3.81. The monoisotopic (exact) mass is 756 g/mol. The van der Waals surface area contributed by atoms with E-state index >= 15 is 0 Å². The standard InChI is InChI=1S/C57H40O2/c1-34(49-31-40-11-3-4-12-41(40)42-13-5-9-17-46(42)49)19-27-54-35(2)50-32-57-53(33-56(50)58-54)52-30-39(25-28-55(52)59-57)37-22-20-36(21-23-37)38-24-26-48-45-16-7-6-14-43(45)44-15-8-10-18-47(44)51(48)29-38/h3-24,26-33,39,43,45H,1,25H2,2H3/b27-19-. The number of benzene rings is 7. The molecular weight excluding hydrogens is 717 g/mol. The number of fused-ring (bicyclic) bond motifs is 13. The van der Waals surface area contributed by atoms with E-state index < -0.39 is 0 Å². The average molecular weight is 757 g/mol. The van der Waals surface area contributed by atoms with Crippen LogP contribution in [0.3, 0.4) is 0 Å². The van der Waals surface area contributed by atoms with E-state index in [2.05, 4.69) is 196 Å². The highest BCUT2D eigenvalue weighted by Gasteiger charge is 2.31. The molecular formula is C57H40O2. The summed E-state index contributed by atoms with van der Waals surface area (Å²) in [7, 11) is 0. The normalized spacial score (nSPS) is 17.8. The second-order valence-electron chi connectivity index (χ2n) is 16.4. The van der Waals surface area contributed by atoms with E-state index in [9.17, 15) is 0 Å². The largest absolute Gasteiger partial charge is 0.456 e. The molecule has 0 radical (unpaired) electrons. The molecule has 0 fully saturated rings. The van der Waals surface area contributed by atoms with Crippen LogP contribution in [0.5, 0.6) is 0 Å². The van der Waals surface area contributed by atoms with E-state index in [1.807, 2.05) is 0 Å². The lowest BCUT2D eigenvalue weighted by atomic mass is 9.69. The minimum absolute atomic E-state index is 0.251. The molecule has 59 heavy (non-hydrogen) atoms. The van der Waals surface area contributed by atoms with Crippen molar-refractivity contribution in [1.29, 1.82) is 0 Å². The molecule has 280 valence electrons. The van der Waals surface area contributed by atoms with Gasteiger partial charge in [0, 0.05) is 39.3 Å². The second kappa shape index (κ2) is 13.2. The van der Waals surface area contributed by atoms with Gasteiger partial charge in [0.05, 0.1) is 0 Å². The fourth-order valence-electron chi connectivity index (χ4n) is 10.1. The molecule has 2 nitrogen and oxygen atoms in total. The lowest BCUT2D eigenvalue weighted by Gasteiger charge is -2.34. The maximum absolute atomic E-state index is 6.56. The van der Waals surface area contributed by atoms with E-state index in [1.165, 1.54) is 60.5 Å². The van der Waals surface area contributed by atoms with Crippen molar-refractivity contribution in [3.63, 3.8) is 0 Å². The molecule has 0 bridgehead atoms. The second-order valence-corrected chi connectivity index (χ2v) is 16.4. The number of hydrogen-bond acceptors (Lipinski definition) is 2. The van der Waals surface area contributed by atoms with Gasteiger partial charge in [-0.25, -0.2) is 0 Å². The van der Waals surface area contributed by atoms with Gasteiger partial charge in [0.2, 0.25) is 0 Å². The van der Waals surface area contributed by atoms with Crippen LogP contribution in [0.2, 0.25) is 0 Å². The summed E-state index contributed by atoms with van der Waals surface area (Å²) in [5, 5.41) is 8.19. The predicted octanol–water partition coefficient (Wildman–Crippen LogP) is 13.9. The van der Waals surface area contributed by atoms with Crippen molar-refractivity contribution in [2.45, 2.75) is 31.1 Å². The quantitative estimate of drug-likeness (QED) is 0.129. The van der Waals surface area contributed by atoms with Gasteiger partial charge in [-0.15, -0.1) is 0 Å². The number of aryl methyl sites for hydroxylation is 1. The summed E-state index contributed by atoms with van der Waals surface area (Å²) < 4.78 is 13.0. The summed E-state index contributed by atoms with van der Waals surface area (Å²) in [6.07, 6.45) is 18.8. The number of rotatable bonds is 5. The molecule has 3 unspecified atom stereocenters. The van der Waals surface area contributed by atoms with Gasteiger partial charge in [-0.1, -0.05) is 152 Å². The number of hydrogen-bond donors (Lipinski definition) is 0. The zero-order valence-corrected chi connectivity index (χ0v) is 32.8. The van der Waals surface area contributed by atoms with Crippen molar-refractivity contribution in [2.24, 2.45) is 0 Å². The Kier molecular flexibility index (Phi) is 7.59. The molecule has 0 saturated heterocycles. The first kappa shape index (κ1) is 33.9. The van der Waals surface area contributed by atoms with E-state index in [-0.39, 0.29) is 5.92 Å². The number of furan rings is 2. The van der Waals surface area contributed by atoms with Crippen LogP contribution in [0.25, 0.3) is 89.5 Å². The van der Waals surface area contributed by atoms with Gasteiger partial charge in [-0.2, -0.15) is 0 Å². The Balaban J connectivity index is 0.843. The molecule has 9 aromatic rings. The summed E-state index contributed by atoms with van der Waals surface area (Å²) >= 11 is 0. The molecule has 12 rings (SSSR count). The van der Waals surface area contributed by atoms with Crippen molar-refractivity contribution in [3.8, 4) is 22.3 Å². The first-order chi connectivity index (χ1) is 29.1. The highest BCUT2D eigenvalue weighted by molar-refractivity contribution is 6.12. The fraction of sp³-hybridized carbons (Fsp3) is 0.0877. The van der Waals surface area contributed by atoms with Crippen LogP contribution in [0.4, 0.5) is 0 Å². The minimum Gasteiger partial charge on any atom is -0.456 e. The molecule has 0 spiro atoms. The third kappa shape index (κ3) is 5.40. The third-order valence-electron chi connectivity index (χ3n) is 13.2. The van der Waals surface area contributed by atoms with Gasteiger partial charge in [0.25, 0.3) is 0 Å². The molecule has 0 N–H and O–H groups in total. The van der Waals surface area contributed by atoms with Crippen molar-refractivity contribution in [1.82, 2.24) is 0 Å². The Labute approximate surface area is 342 Å². The Hall–Kier alpha value is -7.16. The molecule has 7 aromatic carbocycles. The van der Waals surface area contributed by atoms with Crippen LogP contribution in [-0.4, -0.2) is 0 Å². The van der Waals surface area contributed by atoms with E-state index in [4.69, 9.17) is 8.83 Å². The molecule has 3 aliphatic carbocycles. The fourth-order valence-corrected chi connectivity index (χ4v) is 10.1. The zero-order chi connectivity index (χ0) is 39.2. The molecule has 0 saturated carbocycles. The lowest BCUT2D eigenvalue weighted by molar-refractivity contribution is 0.570. The molecule has 3 atom stereocenters. The highest BCUT2D eigenvalue weighted by Crippen LogP contribution is 2.50. The van der Waals surface area contributed by atoms with Crippen molar-refractivity contribution in [2.75, 3.05) is 0 Å². The molecule has 2 heteroatoms. The van der Waals surface area contributed by atoms with Crippen LogP contribution in [0.15, 0.2) is 179 Å². The van der Waals surface area contributed by atoms with Crippen LogP contribution in [0, 0.1) is 6.92 Å². The first-order valence-corrected chi connectivity index (χ1v) is 20.7. The van der Waals surface area contributed by atoms with E-state index in [0.717, 1.165) is 61.5 Å². The van der Waals surface area contributed by atoms with Crippen molar-refractivity contribution in [3.05, 3.63) is 215 Å². The summed E-state index contributed by atoms with van der Waals surface area (Å²) in [6.45, 7) is 6.62. The minimum atomic E-state index is 0.251. The summed E-state index contributed by atoms with van der Waals surface area (Å²) in [5.74, 6) is 1.86. The van der Waals surface area contributed by atoms with Gasteiger partial charge in [-0.3, -0.25) is 0 Å². The smallest absolute Gasteiger partial charge is 0.136 e. The Morgan fingerprint density at radius 1 is 0.627 bits per heavy atom. The third-order valence-corrected chi connectivity index (χ3v) is 13.2. The van der Waals surface area contributed by atoms with Gasteiger partial charge < -0.3 is 8.83 Å². The van der Waals surface area contributed by atoms with Gasteiger partial charge in [0.1, 0.15) is 22.3 Å². The number of allylic oxidation sites excluding steroid dienone is 6. The highest BCUT2D eigenvalue weighted by atomic mass is 16.3. The Morgan fingerprint density at radius 3 is 2.17 bits per heavy atom. The van der Waals surface area contributed by atoms with Crippen LogP contribution in [0.1, 0.15) is 57.8 Å². The first-order valence-electron chi connectivity index (χ1n) is 20.7. The van der Waals surface area contributed by atoms with Gasteiger partial charge in [0.15, 0.2) is 0 Å². The van der Waals surface area contributed by atoms with Crippen molar-refractivity contribution < 1.29 is 8.83 Å². The molecule has 0 amide bonds. The Morgan fingerprint density at radius 2 is 1.32 bits per heavy atom. The topological polar surface area (TPSA) is 26.3 Å². The molecule has 2 heterocycles. The lowest BCUT2D eigenvalue weighted by Crippen LogP contribution is -2.24. The van der Waals surface area contributed by atoms with Crippen LogP contribution in [-0.2, 0) is 0 Å². The van der Waals surface area contributed by atoms with E-state index in [1.54, 1.807) is 0 Å². The van der Waals surface area contributed by atoms with Gasteiger partial charge in [-0.05, 0) is 121 Å². The van der Waals surface area contributed by atoms with Crippen LogP contribution >= 0.6 is 0 Å². The van der Waals surface area contributed by atoms with Gasteiger partial charge >= 0.3 is 0 Å². The molecule has 3 aliphatic rings.